The third kappa shape index (κ3) is 1.15. The SMILES string of the molecule is O=C1NCCN1[C@@H]1COC[C@H]1O. The molecule has 2 aliphatic rings. The molecule has 12 heavy (non-hydrogen) atoms. The lowest BCUT2D eigenvalue weighted by Gasteiger charge is -2.23. The number of nitrogens with zero attached hydrogens (tertiary/aromatic N) is 1. The van der Waals surface area contributed by atoms with Gasteiger partial charge in [-0.15, -0.1) is 0 Å². The Bertz CT molecular complexity index is 197. The van der Waals surface area contributed by atoms with Gasteiger partial charge in [-0.2, -0.15) is 0 Å². The third-order valence-electron chi connectivity index (χ3n) is 2.31. The minimum Gasteiger partial charge on any atom is -0.388 e. The van der Waals surface area contributed by atoms with Gasteiger partial charge in [-0.1, -0.05) is 0 Å². The summed E-state index contributed by atoms with van der Waals surface area (Å²) < 4.78 is 5.06. The zero-order valence-corrected chi connectivity index (χ0v) is 6.69. The van der Waals surface area contributed by atoms with Crippen molar-refractivity contribution in [2.24, 2.45) is 0 Å². The number of urea groups is 1. The van der Waals surface area contributed by atoms with Crippen LogP contribution in [-0.4, -0.2) is 54.5 Å². The lowest BCUT2D eigenvalue weighted by atomic mass is 10.2. The molecule has 0 radical (unpaired) electrons. The molecule has 2 heterocycles. The Hall–Kier alpha value is -0.810. The molecule has 0 aliphatic carbocycles. The van der Waals surface area contributed by atoms with Crippen LogP contribution in [0.1, 0.15) is 0 Å². The normalized spacial score (nSPS) is 35.8. The summed E-state index contributed by atoms with van der Waals surface area (Å²) in [5, 5.41) is 12.1. The Balaban J connectivity index is 2.03. The molecule has 2 N–H and O–H groups in total. The Kier molecular flexibility index (Phi) is 1.90. The van der Waals surface area contributed by atoms with Gasteiger partial charge in [0.15, 0.2) is 0 Å². The van der Waals surface area contributed by atoms with Gasteiger partial charge in [0.2, 0.25) is 0 Å². The first-order valence-electron chi connectivity index (χ1n) is 4.09. The van der Waals surface area contributed by atoms with Crippen molar-refractivity contribution in [2.45, 2.75) is 12.1 Å². The number of aliphatic hydroxyl groups excluding tert-OH is 1. The number of ether oxygens (including phenoxy) is 1. The average molecular weight is 172 g/mol. The third-order valence-corrected chi connectivity index (χ3v) is 2.31. The molecule has 5 nitrogen and oxygen atoms in total. The Morgan fingerprint density at radius 1 is 1.58 bits per heavy atom. The molecule has 0 aromatic rings. The van der Waals surface area contributed by atoms with E-state index in [2.05, 4.69) is 5.32 Å². The first-order chi connectivity index (χ1) is 5.79. The van der Waals surface area contributed by atoms with Crippen molar-refractivity contribution in [3.8, 4) is 0 Å². The summed E-state index contributed by atoms with van der Waals surface area (Å²) in [6.07, 6.45) is -0.520. The predicted molar refractivity (Wildman–Crippen MR) is 40.7 cm³/mol. The number of amides is 2. The van der Waals surface area contributed by atoms with Crippen LogP contribution in [0.2, 0.25) is 0 Å². The molecule has 0 spiro atoms. The van der Waals surface area contributed by atoms with E-state index in [9.17, 15) is 9.90 Å². The average Bonchev–Trinajstić information content (AvgIpc) is 2.59. The standard InChI is InChI=1S/C7H12N2O3/c10-6-4-12-3-5(6)9-2-1-8-7(9)11/h5-6,10H,1-4H2,(H,8,11)/t5-,6-/m1/s1. The Morgan fingerprint density at radius 2 is 2.42 bits per heavy atom. The molecule has 2 atom stereocenters. The van der Waals surface area contributed by atoms with Crippen LogP contribution in [0.15, 0.2) is 0 Å². The topological polar surface area (TPSA) is 61.8 Å². The number of rotatable bonds is 1. The van der Waals surface area contributed by atoms with Crippen LogP contribution in [0, 0.1) is 0 Å². The summed E-state index contributed by atoms with van der Waals surface area (Å²) in [7, 11) is 0. The fraction of sp³-hybridized carbons (Fsp3) is 0.857. The maximum atomic E-state index is 11.2. The van der Waals surface area contributed by atoms with Crippen molar-refractivity contribution in [2.75, 3.05) is 26.3 Å². The second kappa shape index (κ2) is 2.91. The smallest absolute Gasteiger partial charge is 0.317 e. The van der Waals surface area contributed by atoms with Crippen molar-refractivity contribution in [3.05, 3.63) is 0 Å². The molecule has 0 aromatic heterocycles. The van der Waals surface area contributed by atoms with Crippen LogP contribution in [-0.2, 0) is 4.74 Å². The molecule has 2 aliphatic heterocycles. The first kappa shape index (κ1) is 7.82. The summed E-state index contributed by atoms with van der Waals surface area (Å²) in [6, 6.07) is -0.239. The highest BCUT2D eigenvalue weighted by atomic mass is 16.5. The summed E-state index contributed by atoms with van der Waals surface area (Å²) >= 11 is 0. The van der Waals surface area contributed by atoms with Crippen LogP contribution in [0.4, 0.5) is 4.79 Å². The van der Waals surface area contributed by atoms with Crippen molar-refractivity contribution in [3.63, 3.8) is 0 Å². The van der Waals surface area contributed by atoms with E-state index in [0.717, 1.165) is 0 Å². The van der Waals surface area contributed by atoms with E-state index in [1.165, 1.54) is 0 Å². The molecular formula is C7H12N2O3. The van der Waals surface area contributed by atoms with E-state index in [1.807, 2.05) is 0 Å². The van der Waals surface area contributed by atoms with Crippen molar-refractivity contribution in [1.29, 1.82) is 0 Å². The van der Waals surface area contributed by atoms with E-state index in [1.54, 1.807) is 4.90 Å². The lowest BCUT2D eigenvalue weighted by Crippen LogP contribution is -2.44. The molecule has 2 saturated heterocycles. The molecule has 2 rings (SSSR count). The Morgan fingerprint density at radius 3 is 2.92 bits per heavy atom. The summed E-state index contributed by atoms with van der Waals surface area (Å²) in [5.74, 6) is 0. The summed E-state index contributed by atoms with van der Waals surface area (Å²) in [4.78, 5) is 12.8. The molecule has 2 fully saturated rings. The van der Waals surface area contributed by atoms with Gasteiger partial charge >= 0.3 is 6.03 Å². The number of nitrogens with one attached hydrogen (secondary N) is 1. The second-order valence-electron chi connectivity index (χ2n) is 3.10. The highest BCUT2D eigenvalue weighted by molar-refractivity contribution is 5.76. The van der Waals surface area contributed by atoms with Gasteiger partial charge in [0.05, 0.1) is 25.4 Å². The van der Waals surface area contributed by atoms with Crippen molar-refractivity contribution < 1.29 is 14.6 Å². The quantitative estimate of drug-likeness (QED) is 0.520. The van der Waals surface area contributed by atoms with Gasteiger partial charge in [0, 0.05) is 13.1 Å². The Labute approximate surface area is 70.3 Å². The highest BCUT2D eigenvalue weighted by Crippen LogP contribution is 2.14. The van der Waals surface area contributed by atoms with Gasteiger partial charge in [-0.25, -0.2) is 4.79 Å². The van der Waals surface area contributed by atoms with E-state index in [-0.39, 0.29) is 12.1 Å². The van der Waals surface area contributed by atoms with Gasteiger partial charge in [0.25, 0.3) is 0 Å². The number of aliphatic hydroxyl groups is 1. The highest BCUT2D eigenvalue weighted by Gasteiger charge is 2.36. The van der Waals surface area contributed by atoms with Crippen LogP contribution < -0.4 is 5.32 Å². The lowest BCUT2D eigenvalue weighted by molar-refractivity contribution is 0.103. The molecule has 0 saturated carbocycles. The zero-order chi connectivity index (χ0) is 8.55. The molecule has 68 valence electrons. The van der Waals surface area contributed by atoms with E-state index < -0.39 is 6.10 Å². The zero-order valence-electron chi connectivity index (χ0n) is 6.69. The minimum atomic E-state index is -0.520. The molecular weight excluding hydrogens is 160 g/mol. The molecule has 2 amide bonds. The fourth-order valence-electron chi connectivity index (χ4n) is 1.63. The largest absolute Gasteiger partial charge is 0.388 e. The maximum absolute atomic E-state index is 11.2. The summed E-state index contributed by atoms with van der Waals surface area (Å²) in [6.45, 7) is 2.13. The first-order valence-corrected chi connectivity index (χ1v) is 4.09. The van der Waals surface area contributed by atoms with Crippen molar-refractivity contribution in [1.82, 2.24) is 10.2 Å². The van der Waals surface area contributed by atoms with Crippen LogP contribution >= 0.6 is 0 Å². The van der Waals surface area contributed by atoms with Crippen LogP contribution in [0.25, 0.3) is 0 Å². The number of hydrogen-bond donors (Lipinski definition) is 2. The summed E-state index contributed by atoms with van der Waals surface area (Å²) in [5.41, 5.74) is 0. The van der Waals surface area contributed by atoms with E-state index >= 15 is 0 Å². The number of carbonyl (C=O) groups is 1. The minimum absolute atomic E-state index is 0.0930. The maximum Gasteiger partial charge on any atom is 0.317 e. The predicted octanol–water partition coefficient (Wildman–Crippen LogP) is -1.23. The molecule has 5 heteroatoms. The molecule has 0 aromatic carbocycles. The van der Waals surface area contributed by atoms with Crippen LogP contribution in [0.5, 0.6) is 0 Å². The van der Waals surface area contributed by atoms with Gasteiger partial charge in [-0.05, 0) is 0 Å². The number of carbonyl (C=O) groups excluding carboxylic acids is 1. The molecule has 0 unspecified atom stereocenters. The van der Waals surface area contributed by atoms with Crippen LogP contribution in [0.3, 0.4) is 0 Å². The van der Waals surface area contributed by atoms with E-state index in [4.69, 9.17) is 4.74 Å². The molecule has 0 bridgehead atoms. The van der Waals surface area contributed by atoms with Gasteiger partial charge in [-0.3, -0.25) is 0 Å². The number of hydrogen-bond acceptors (Lipinski definition) is 3. The second-order valence-corrected chi connectivity index (χ2v) is 3.10. The van der Waals surface area contributed by atoms with Gasteiger partial charge in [0.1, 0.15) is 0 Å². The monoisotopic (exact) mass is 172 g/mol. The fourth-order valence-corrected chi connectivity index (χ4v) is 1.63. The van der Waals surface area contributed by atoms with Crippen molar-refractivity contribution >= 4 is 6.03 Å². The van der Waals surface area contributed by atoms with E-state index in [0.29, 0.717) is 26.3 Å². The van der Waals surface area contributed by atoms with Gasteiger partial charge < -0.3 is 20.1 Å².